The summed E-state index contributed by atoms with van der Waals surface area (Å²) < 4.78 is 51.6. The number of aromatic nitrogens is 1. The number of alkyl halides is 3. The third-order valence-corrected chi connectivity index (χ3v) is 3.92. The highest BCUT2D eigenvalue weighted by Gasteiger charge is 2.34. The Bertz CT molecular complexity index is 939. The van der Waals surface area contributed by atoms with Crippen LogP contribution in [-0.2, 0) is 12.6 Å². The molecule has 1 aliphatic carbocycles. The molecule has 0 bridgehead atoms. The molecule has 0 aliphatic heterocycles. The van der Waals surface area contributed by atoms with Crippen LogP contribution < -0.4 is 0 Å². The van der Waals surface area contributed by atoms with E-state index in [1.54, 1.807) is 0 Å². The van der Waals surface area contributed by atoms with Crippen molar-refractivity contribution >= 4 is 11.9 Å². The zero-order valence-electron chi connectivity index (χ0n) is 12.7. The Labute approximate surface area is 140 Å². The van der Waals surface area contributed by atoms with Gasteiger partial charge in [0.25, 0.3) is 0 Å². The molecule has 0 N–H and O–H groups in total. The van der Waals surface area contributed by atoms with Crippen LogP contribution >= 0.6 is 0 Å². The van der Waals surface area contributed by atoms with Crippen LogP contribution in [0.4, 0.5) is 17.6 Å². The Morgan fingerprint density at radius 1 is 1.16 bits per heavy atom. The zero-order chi connectivity index (χ0) is 18.2. The van der Waals surface area contributed by atoms with E-state index in [4.69, 9.17) is 5.26 Å². The Balaban J connectivity index is 1.98. The van der Waals surface area contributed by atoms with E-state index in [-0.39, 0.29) is 11.5 Å². The molecule has 3 rings (SSSR count). The van der Waals surface area contributed by atoms with Gasteiger partial charge in [-0.05, 0) is 54.8 Å². The van der Waals surface area contributed by atoms with Gasteiger partial charge in [-0.15, -0.1) is 0 Å². The maximum atomic E-state index is 13.2. The first kappa shape index (κ1) is 16.8. The lowest BCUT2D eigenvalue weighted by Gasteiger charge is -2.17. The number of hydrogen-bond acceptors (Lipinski definition) is 3. The summed E-state index contributed by atoms with van der Waals surface area (Å²) in [6.07, 6.45) is -2.54. The van der Waals surface area contributed by atoms with E-state index >= 15 is 0 Å². The van der Waals surface area contributed by atoms with Crippen molar-refractivity contribution in [3.63, 3.8) is 0 Å². The van der Waals surface area contributed by atoms with Crippen LogP contribution in [0.3, 0.4) is 0 Å². The van der Waals surface area contributed by atoms with Gasteiger partial charge in [-0.3, -0.25) is 4.79 Å². The van der Waals surface area contributed by atoms with Crippen LogP contribution in [0.1, 0.15) is 39.3 Å². The highest BCUT2D eigenvalue weighted by molar-refractivity contribution is 6.13. The molecule has 0 radical (unpaired) electrons. The number of carbonyl (C=O) groups is 1. The van der Waals surface area contributed by atoms with Crippen molar-refractivity contribution in [1.82, 2.24) is 4.98 Å². The van der Waals surface area contributed by atoms with Crippen LogP contribution in [0.25, 0.3) is 6.08 Å². The maximum Gasteiger partial charge on any atom is 0.419 e. The van der Waals surface area contributed by atoms with E-state index in [1.807, 2.05) is 0 Å². The minimum Gasteiger partial charge on any atom is -0.289 e. The van der Waals surface area contributed by atoms with E-state index in [9.17, 15) is 22.4 Å². The summed E-state index contributed by atoms with van der Waals surface area (Å²) in [7, 11) is 0. The molecule has 7 heteroatoms. The summed E-state index contributed by atoms with van der Waals surface area (Å²) in [5, 5.41) is 8.88. The molecule has 0 fully saturated rings. The minimum absolute atomic E-state index is 0.0958. The predicted octanol–water partition coefficient (Wildman–Crippen LogP) is 4.32. The lowest BCUT2D eigenvalue weighted by atomic mass is 9.86. The largest absolute Gasteiger partial charge is 0.419 e. The van der Waals surface area contributed by atoms with Crippen LogP contribution in [0.2, 0.25) is 0 Å². The Morgan fingerprint density at radius 2 is 1.92 bits per heavy atom. The second-order valence-corrected chi connectivity index (χ2v) is 5.54. The summed E-state index contributed by atoms with van der Waals surface area (Å²) >= 11 is 0. The van der Waals surface area contributed by atoms with Crippen molar-refractivity contribution in [2.75, 3.05) is 0 Å². The number of allylic oxidation sites excluding steroid dienone is 1. The fourth-order valence-corrected chi connectivity index (χ4v) is 2.73. The Hall–Kier alpha value is -3.01. The number of Topliss-reactive ketones (excluding diaryl/α,β-unsaturated/α-hetero) is 1. The molecule has 2 aromatic rings. The fraction of sp³-hybridized carbons (Fsp3) is 0.167. The standard InChI is InChI=1S/C18H10F4N2O/c19-12-3-5-14-10(7-12)1-2-11(17(14)25)8-13-4-6-15(18(20,21)22)16(9-23)24-13/h3-8H,1-2H2/b11-8+. The number of hydrogen-bond donors (Lipinski definition) is 0. The van der Waals surface area contributed by atoms with Gasteiger partial charge >= 0.3 is 6.18 Å². The monoisotopic (exact) mass is 346 g/mol. The van der Waals surface area contributed by atoms with E-state index < -0.39 is 23.3 Å². The van der Waals surface area contributed by atoms with Crippen molar-refractivity contribution in [3.05, 3.63) is 69.8 Å². The highest BCUT2D eigenvalue weighted by Crippen LogP contribution is 2.32. The topological polar surface area (TPSA) is 53.8 Å². The third-order valence-electron chi connectivity index (χ3n) is 3.92. The lowest BCUT2D eigenvalue weighted by Crippen LogP contribution is -2.14. The van der Waals surface area contributed by atoms with Gasteiger partial charge in [0.1, 0.15) is 11.9 Å². The molecule has 3 nitrogen and oxygen atoms in total. The second-order valence-electron chi connectivity index (χ2n) is 5.54. The number of carbonyl (C=O) groups excluding carboxylic acids is 1. The quantitative estimate of drug-likeness (QED) is 0.571. The summed E-state index contributed by atoms with van der Waals surface area (Å²) in [5.41, 5.74) is -0.444. The molecule has 0 spiro atoms. The van der Waals surface area contributed by atoms with Gasteiger partial charge in [-0.25, -0.2) is 9.37 Å². The molecule has 0 saturated heterocycles. The Kier molecular flexibility index (Phi) is 4.13. The third kappa shape index (κ3) is 3.29. The van der Waals surface area contributed by atoms with Gasteiger partial charge in [-0.2, -0.15) is 18.4 Å². The van der Waals surface area contributed by atoms with E-state index in [1.165, 1.54) is 30.3 Å². The Morgan fingerprint density at radius 3 is 2.60 bits per heavy atom. The van der Waals surface area contributed by atoms with Crippen molar-refractivity contribution in [1.29, 1.82) is 5.26 Å². The number of benzene rings is 1. The molecular formula is C18H10F4N2O. The molecule has 1 aromatic carbocycles. The number of aryl methyl sites for hydroxylation is 1. The van der Waals surface area contributed by atoms with Crippen molar-refractivity contribution in [3.8, 4) is 6.07 Å². The van der Waals surface area contributed by atoms with Gasteiger partial charge in [0.15, 0.2) is 11.5 Å². The number of nitriles is 1. The molecule has 0 atom stereocenters. The summed E-state index contributed by atoms with van der Waals surface area (Å²) in [4.78, 5) is 16.1. The first-order chi connectivity index (χ1) is 11.8. The average molecular weight is 346 g/mol. The first-order valence-electron chi connectivity index (χ1n) is 7.31. The number of rotatable bonds is 1. The second kappa shape index (κ2) is 6.13. The molecule has 126 valence electrons. The molecule has 25 heavy (non-hydrogen) atoms. The smallest absolute Gasteiger partial charge is 0.289 e. The first-order valence-corrected chi connectivity index (χ1v) is 7.31. The molecule has 0 unspecified atom stereocenters. The SMILES string of the molecule is N#Cc1nc(/C=C2\CCc3cc(F)ccc3C2=O)ccc1C(F)(F)F. The van der Waals surface area contributed by atoms with Crippen LogP contribution in [0, 0.1) is 17.1 Å². The van der Waals surface area contributed by atoms with Crippen LogP contribution in [-0.4, -0.2) is 10.8 Å². The van der Waals surface area contributed by atoms with Gasteiger partial charge in [-0.1, -0.05) is 0 Å². The van der Waals surface area contributed by atoms with Crippen LogP contribution in [0.5, 0.6) is 0 Å². The zero-order valence-corrected chi connectivity index (χ0v) is 12.7. The number of fused-ring (bicyclic) bond motifs is 1. The predicted molar refractivity (Wildman–Crippen MR) is 81.0 cm³/mol. The van der Waals surface area contributed by atoms with Gasteiger partial charge in [0, 0.05) is 11.1 Å². The van der Waals surface area contributed by atoms with Crippen molar-refractivity contribution < 1.29 is 22.4 Å². The fourth-order valence-electron chi connectivity index (χ4n) is 2.73. The van der Waals surface area contributed by atoms with Crippen molar-refractivity contribution in [2.45, 2.75) is 19.0 Å². The lowest BCUT2D eigenvalue weighted by molar-refractivity contribution is -0.138. The minimum atomic E-state index is -4.67. The number of halogens is 4. The summed E-state index contributed by atoms with van der Waals surface area (Å²) in [6.45, 7) is 0. The molecular weight excluding hydrogens is 336 g/mol. The van der Waals surface area contributed by atoms with Gasteiger partial charge < -0.3 is 0 Å². The average Bonchev–Trinajstić information content (AvgIpc) is 2.56. The maximum absolute atomic E-state index is 13.2. The summed E-state index contributed by atoms with van der Waals surface area (Å²) in [6, 6.07) is 7.19. The van der Waals surface area contributed by atoms with E-state index in [2.05, 4.69) is 4.98 Å². The van der Waals surface area contributed by atoms with E-state index in [0.717, 1.165) is 12.1 Å². The van der Waals surface area contributed by atoms with Gasteiger partial charge in [0.2, 0.25) is 0 Å². The molecule has 1 heterocycles. The van der Waals surface area contributed by atoms with E-state index in [0.29, 0.717) is 29.5 Å². The van der Waals surface area contributed by atoms with Gasteiger partial charge in [0.05, 0.1) is 11.3 Å². The normalized spacial score (nSPS) is 15.8. The molecule has 1 aliphatic rings. The summed E-state index contributed by atoms with van der Waals surface area (Å²) in [5.74, 6) is -0.747. The van der Waals surface area contributed by atoms with Crippen molar-refractivity contribution in [2.24, 2.45) is 0 Å². The molecule has 0 saturated carbocycles. The van der Waals surface area contributed by atoms with Crippen LogP contribution in [0.15, 0.2) is 35.9 Å². The number of ketones is 1. The molecule has 1 aromatic heterocycles. The number of pyridine rings is 1. The number of nitrogens with zero attached hydrogens (tertiary/aromatic N) is 2. The highest BCUT2D eigenvalue weighted by atomic mass is 19.4. The molecule has 0 amide bonds.